The van der Waals surface area contributed by atoms with Crippen LogP contribution < -0.4 is 10.1 Å². The van der Waals surface area contributed by atoms with Crippen LogP contribution in [0.3, 0.4) is 0 Å². The summed E-state index contributed by atoms with van der Waals surface area (Å²) in [5.74, 6) is 1.40. The molecule has 2 heterocycles. The van der Waals surface area contributed by atoms with Gasteiger partial charge in [0, 0.05) is 30.8 Å². The van der Waals surface area contributed by atoms with Crippen molar-refractivity contribution in [3.8, 4) is 5.75 Å². The molecule has 0 radical (unpaired) electrons. The normalized spacial score (nSPS) is 17.7. The van der Waals surface area contributed by atoms with Crippen molar-refractivity contribution in [1.29, 1.82) is 0 Å². The van der Waals surface area contributed by atoms with Crippen molar-refractivity contribution in [2.24, 2.45) is 0 Å². The number of anilines is 1. The number of fused-ring (bicyclic) bond motifs is 1. The van der Waals surface area contributed by atoms with Gasteiger partial charge in [0.25, 0.3) is 0 Å². The molecule has 0 unspecified atom stereocenters. The van der Waals surface area contributed by atoms with Gasteiger partial charge in [0.15, 0.2) is 0 Å². The Hall–Kier alpha value is -2.06. The average molecular weight is 420 g/mol. The molecule has 1 N–H and O–H groups in total. The van der Waals surface area contributed by atoms with Crippen molar-refractivity contribution in [3.05, 3.63) is 35.2 Å². The summed E-state index contributed by atoms with van der Waals surface area (Å²) in [6.45, 7) is 3.92. The van der Waals surface area contributed by atoms with Crippen LogP contribution in [0.2, 0.25) is 0 Å². The summed E-state index contributed by atoms with van der Waals surface area (Å²) in [6, 6.07) is 5.27. The van der Waals surface area contributed by atoms with Crippen molar-refractivity contribution in [1.82, 2.24) is 9.46 Å². The fraction of sp³-hybridized carbons (Fsp3) is 0.571. The molecule has 1 fully saturated rings. The highest BCUT2D eigenvalue weighted by Gasteiger charge is 2.29. The smallest absolute Gasteiger partial charge is 0.246 e. The predicted molar refractivity (Wildman–Crippen MR) is 111 cm³/mol. The van der Waals surface area contributed by atoms with Crippen LogP contribution in [-0.2, 0) is 29.4 Å². The third kappa shape index (κ3) is 4.28. The molecule has 1 aromatic carbocycles. The zero-order valence-electron chi connectivity index (χ0n) is 16.9. The maximum absolute atomic E-state index is 13.3. The highest BCUT2D eigenvalue weighted by atomic mass is 32.2. The highest BCUT2D eigenvalue weighted by molar-refractivity contribution is 7.89. The Morgan fingerprint density at radius 1 is 1.14 bits per heavy atom. The molecule has 7 nitrogen and oxygen atoms in total. The Labute approximate surface area is 172 Å². The van der Waals surface area contributed by atoms with E-state index < -0.39 is 10.0 Å². The van der Waals surface area contributed by atoms with Gasteiger partial charge in [-0.15, -0.1) is 0 Å². The summed E-state index contributed by atoms with van der Waals surface area (Å²) in [7, 11) is -3.59. The lowest BCUT2D eigenvalue weighted by molar-refractivity contribution is 0.323. The van der Waals surface area contributed by atoms with Crippen molar-refractivity contribution < 1.29 is 17.7 Å². The summed E-state index contributed by atoms with van der Waals surface area (Å²) in [5, 5.41) is 7.54. The van der Waals surface area contributed by atoms with Crippen molar-refractivity contribution in [2.75, 3.05) is 25.0 Å². The van der Waals surface area contributed by atoms with Gasteiger partial charge in [-0.2, -0.15) is 4.31 Å². The van der Waals surface area contributed by atoms with Crippen LogP contribution in [0.5, 0.6) is 5.75 Å². The maximum atomic E-state index is 13.3. The fourth-order valence-corrected chi connectivity index (χ4v) is 5.79. The standard InChI is InChI=1S/C21H29N3O4S/c1-2-27-20-11-10-16(14-21(20)29(25,26)24-12-6-3-7-13-24)22-15-18-17-8-4-5-9-19(17)28-23-18/h10-11,14,22H,2-9,12-13,15H2,1H3. The van der Waals surface area contributed by atoms with Crippen LogP contribution in [0.4, 0.5) is 5.69 Å². The van der Waals surface area contributed by atoms with E-state index >= 15 is 0 Å². The molecule has 1 saturated heterocycles. The molecule has 8 heteroatoms. The summed E-state index contributed by atoms with van der Waals surface area (Å²) < 4.78 is 39.2. The number of sulfonamides is 1. The maximum Gasteiger partial charge on any atom is 0.246 e. The monoisotopic (exact) mass is 419 g/mol. The topological polar surface area (TPSA) is 84.7 Å². The molecule has 29 heavy (non-hydrogen) atoms. The average Bonchev–Trinajstić information content (AvgIpc) is 3.17. The first kappa shape index (κ1) is 20.2. The van der Waals surface area contributed by atoms with Crippen molar-refractivity contribution in [3.63, 3.8) is 0 Å². The zero-order valence-corrected chi connectivity index (χ0v) is 17.8. The van der Waals surface area contributed by atoms with Crippen LogP contribution in [0.15, 0.2) is 27.6 Å². The first-order chi connectivity index (χ1) is 14.1. The Kier molecular flexibility index (Phi) is 6.10. The first-order valence-corrected chi connectivity index (χ1v) is 12.0. The third-order valence-electron chi connectivity index (χ3n) is 5.67. The van der Waals surface area contributed by atoms with E-state index in [0.717, 1.165) is 62.1 Å². The van der Waals surface area contributed by atoms with Crippen molar-refractivity contribution in [2.45, 2.75) is 63.3 Å². The second kappa shape index (κ2) is 8.75. The lowest BCUT2D eigenvalue weighted by atomic mass is 9.96. The number of hydrogen-bond donors (Lipinski definition) is 1. The molecule has 0 amide bonds. The van der Waals surface area contributed by atoms with E-state index in [1.165, 1.54) is 5.56 Å². The van der Waals surface area contributed by atoms with Gasteiger partial charge < -0.3 is 14.6 Å². The van der Waals surface area contributed by atoms with Crippen LogP contribution in [0.1, 0.15) is 56.0 Å². The van der Waals surface area contributed by atoms with E-state index in [1.54, 1.807) is 16.4 Å². The number of piperidine rings is 1. The molecule has 2 aliphatic rings. The minimum absolute atomic E-state index is 0.230. The Morgan fingerprint density at radius 3 is 2.72 bits per heavy atom. The molecule has 1 aromatic heterocycles. The molecule has 0 atom stereocenters. The number of hydrogen-bond acceptors (Lipinski definition) is 6. The number of aromatic nitrogens is 1. The van der Waals surface area contributed by atoms with Gasteiger partial charge in [-0.25, -0.2) is 8.42 Å². The van der Waals surface area contributed by atoms with Gasteiger partial charge in [0.05, 0.1) is 13.2 Å². The molecule has 158 valence electrons. The molecule has 0 bridgehead atoms. The van der Waals surface area contributed by atoms with Gasteiger partial charge in [0.1, 0.15) is 22.1 Å². The van der Waals surface area contributed by atoms with Crippen LogP contribution in [0.25, 0.3) is 0 Å². The Morgan fingerprint density at radius 2 is 1.93 bits per heavy atom. The molecule has 0 spiro atoms. The minimum atomic E-state index is -3.59. The first-order valence-electron chi connectivity index (χ1n) is 10.6. The lowest BCUT2D eigenvalue weighted by Crippen LogP contribution is -2.35. The number of nitrogens with zero attached hydrogens (tertiary/aromatic N) is 2. The third-order valence-corrected chi connectivity index (χ3v) is 7.59. The number of rotatable bonds is 7. The molecular weight excluding hydrogens is 390 g/mol. The van der Waals surface area contributed by atoms with E-state index in [2.05, 4.69) is 10.5 Å². The van der Waals surface area contributed by atoms with E-state index in [4.69, 9.17) is 9.26 Å². The molecule has 4 rings (SSSR count). The van der Waals surface area contributed by atoms with Gasteiger partial charge in [-0.3, -0.25) is 0 Å². The van der Waals surface area contributed by atoms with Crippen LogP contribution in [-0.4, -0.2) is 37.6 Å². The molecule has 0 saturated carbocycles. The largest absolute Gasteiger partial charge is 0.492 e. The van der Waals surface area contributed by atoms with Gasteiger partial charge in [-0.1, -0.05) is 11.6 Å². The Balaban J connectivity index is 1.57. The molecule has 2 aromatic rings. The second-order valence-electron chi connectivity index (χ2n) is 7.65. The quantitative estimate of drug-likeness (QED) is 0.736. The number of benzene rings is 1. The fourth-order valence-electron chi connectivity index (χ4n) is 4.11. The van der Waals surface area contributed by atoms with Crippen molar-refractivity contribution >= 4 is 15.7 Å². The molecule has 1 aliphatic carbocycles. The number of nitrogens with one attached hydrogen (secondary N) is 1. The van der Waals surface area contributed by atoms with E-state index in [0.29, 0.717) is 32.0 Å². The van der Waals surface area contributed by atoms with E-state index in [1.807, 2.05) is 13.0 Å². The van der Waals surface area contributed by atoms with Gasteiger partial charge >= 0.3 is 0 Å². The lowest BCUT2D eigenvalue weighted by Gasteiger charge is -2.27. The zero-order chi connectivity index (χ0) is 20.3. The second-order valence-corrected chi connectivity index (χ2v) is 9.56. The number of aryl methyl sites for hydroxylation is 1. The van der Waals surface area contributed by atoms with Crippen LogP contribution in [0, 0.1) is 0 Å². The highest BCUT2D eigenvalue weighted by Crippen LogP contribution is 2.32. The van der Waals surface area contributed by atoms with E-state index in [9.17, 15) is 8.42 Å². The Bertz CT molecular complexity index is 949. The molecular formula is C21H29N3O4S. The summed E-state index contributed by atoms with van der Waals surface area (Å²) in [5.41, 5.74) is 2.85. The SMILES string of the molecule is CCOc1ccc(NCc2noc3c2CCCC3)cc1S(=O)(=O)N1CCCCC1. The predicted octanol–water partition coefficient (Wildman–Crippen LogP) is 3.74. The van der Waals surface area contributed by atoms with Gasteiger partial charge in [0.2, 0.25) is 10.0 Å². The summed E-state index contributed by atoms with van der Waals surface area (Å²) >= 11 is 0. The molecule has 1 aliphatic heterocycles. The van der Waals surface area contributed by atoms with Crippen LogP contribution >= 0.6 is 0 Å². The number of ether oxygens (including phenoxy) is 1. The van der Waals surface area contributed by atoms with Gasteiger partial charge in [-0.05, 0) is 57.2 Å². The summed E-state index contributed by atoms with van der Waals surface area (Å²) in [4.78, 5) is 0.230. The van der Waals surface area contributed by atoms with E-state index in [-0.39, 0.29) is 4.90 Å². The summed E-state index contributed by atoms with van der Waals surface area (Å²) in [6.07, 6.45) is 7.12. The minimum Gasteiger partial charge on any atom is -0.492 e.